The minimum absolute atomic E-state index is 0.0760. The third-order valence-corrected chi connectivity index (χ3v) is 6.91. The van der Waals surface area contributed by atoms with Gasteiger partial charge in [-0.1, -0.05) is 29.8 Å². The number of hydrogen-bond donors (Lipinski definition) is 2. The van der Waals surface area contributed by atoms with Crippen molar-refractivity contribution in [3.8, 4) is 0 Å². The fraction of sp³-hybridized carbons (Fsp3) is 0.381. The van der Waals surface area contributed by atoms with Crippen LogP contribution in [0.15, 0.2) is 47.4 Å². The highest BCUT2D eigenvalue weighted by molar-refractivity contribution is 7.89. The molecule has 2 aromatic carbocycles. The van der Waals surface area contributed by atoms with Gasteiger partial charge in [0.1, 0.15) is 0 Å². The number of sulfonamides is 1. The van der Waals surface area contributed by atoms with Gasteiger partial charge in [0.2, 0.25) is 15.9 Å². The van der Waals surface area contributed by atoms with E-state index in [1.54, 1.807) is 6.07 Å². The Kier molecular flexibility index (Phi) is 6.95. The molecule has 6 nitrogen and oxygen atoms in total. The second-order valence-electron chi connectivity index (χ2n) is 7.37. The first-order valence-electron chi connectivity index (χ1n) is 9.60. The van der Waals surface area contributed by atoms with Crippen LogP contribution in [0.4, 0.5) is 5.69 Å². The number of amides is 1. The number of nitrogens with one attached hydrogen (secondary N) is 2. The Morgan fingerprint density at radius 3 is 2.62 bits per heavy atom. The molecule has 1 fully saturated rings. The van der Waals surface area contributed by atoms with Crippen molar-refractivity contribution < 1.29 is 13.2 Å². The number of benzene rings is 2. The van der Waals surface area contributed by atoms with E-state index >= 15 is 0 Å². The summed E-state index contributed by atoms with van der Waals surface area (Å²) in [5.74, 6) is -0.215. The molecule has 2 N–H and O–H groups in total. The fourth-order valence-corrected chi connectivity index (χ4v) is 4.40. The van der Waals surface area contributed by atoms with E-state index in [9.17, 15) is 13.2 Å². The van der Waals surface area contributed by atoms with Gasteiger partial charge in [-0.15, -0.1) is 0 Å². The summed E-state index contributed by atoms with van der Waals surface area (Å²) < 4.78 is 26.4. The van der Waals surface area contributed by atoms with Crippen LogP contribution in [0.5, 0.6) is 0 Å². The Morgan fingerprint density at radius 1 is 1.21 bits per heavy atom. The molecule has 156 valence electrons. The number of aryl methyl sites for hydroxylation is 1. The van der Waals surface area contributed by atoms with Crippen molar-refractivity contribution in [3.63, 3.8) is 0 Å². The first-order valence-corrected chi connectivity index (χ1v) is 11.5. The number of hydrogen-bond acceptors (Lipinski definition) is 4. The highest BCUT2D eigenvalue weighted by atomic mass is 35.5. The number of nitrogens with zero attached hydrogens (tertiary/aromatic N) is 1. The number of rotatable bonds is 6. The van der Waals surface area contributed by atoms with Gasteiger partial charge in [0, 0.05) is 23.8 Å². The Bertz CT molecular complexity index is 977. The van der Waals surface area contributed by atoms with Crippen LogP contribution in [-0.4, -0.2) is 39.4 Å². The van der Waals surface area contributed by atoms with Gasteiger partial charge in [0.15, 0.2) is 0 Å². The molecule has 1 heterocycles. The minimum atomic E-state index is -3.56. The maximum Gasteiger partial charge on any atom is 0.240 e. The molecule has 0 radical (unpaired) electrons. The summed E-state index contributed by atoms with van der Waals surface area (Å²) in [7, 11) is -2.20. The van der Waals surface area contributed by atoms with Crippen LogP contribution in [0.1, 0.15) is 24.0 Å². The molecule has 0 bridgehead atoms. The Balaban J connectivity index is 1.67. The van der Waals surface area contributed by atoms with Gasteiger partial charge in [0.05, 0.1) is 10.8 Å². The molecule has 3 rings (SSSR count). The molecule has 0 saturated carbocycles. The second-order valence-corrected chi connectivity index (χ2v) is 9.70. The summed E-state index contributed by atoms with van der Waals surface area (Å²) in [5.41, 5.74) is 2.51. The molecule has 1 atom stereocenters. The van der Waals surface area contributed by atoms with E-state index in [4.69, 9.17) is 11.6 Å². The molecular formula is C21H26ClN3O3S. The van der Waals surface area contributed by atoms with Gasteiger partial charge in [0.25, 0.3) is 0 Å². The highest BCUT2D eigenvalue weighted by Crippen LogP contribution is 2.24. The van der Waals surface area contributed by atoms with E-state index in [2.05, 4.69) is 14.9 Å². The number of halogens is 1. The summed E-state index contributed by atoms with van der Waals surface area (Å²) in [6.45, 7) is 4.23. The molecule has 1 saturated heterocycles. The van der Waals surface area contributed by atoms with E-state index < -0.39 is 10.0 Å². The van der Waals surface area contributed by atoms with E-state index in [0.717, 1.165) is 37.1 Å². The molecule has 0 spiro atoms. The Morgan fingerprint density at radius 2 is 1.93 bits per heavy atom. The highest BCUT2D eigenvalue weighted by Gasteiger charge is 2.26. The molecule has 8 heteroatoms. The van der Waals surface area contributed by atoms with Gasteiger partial charge in [-0.05, 0) is 68.8 Å². The lowest BCUT2D eigenvalue weighted by Crippen LogP contribution is -2.40. The number of carbonyl (C=O) groups excluding carboxylic acids is 1. The molecule has 0 aliphatic carbocycles. The van der Waals surface area contributed by atoms with E-state index in [-0.39, 0.29) is 16.7 Å². The lowest BCUT2D eigenvalue weighted by Gasteiger charge is -2.32. The molecule has 1 aliphatic heterocycles. The normalized spacial score (nSPS) is 17.8. The smallest absolute Gasteiger partial charge is 0.240 e. The molecule has 29 heavy (non-hydrogen) atoms. The monoisotopic (exact) mass is 435 g/mol. The first kappa shape index (κ1) is 21.8. The van der Waals surface area contributed by atoms with Crippen molar-refractivity contribution in [1.29, 1.82) is 0 Å². The van der Waals surface area contributed by atoms with Crippen molar-refractivity contribution >= 4 is 33.2 Å². The maximum atomic E-state index is 12.9. The standard InChI is InChI=1S/C21H26ClN3O3S/c1-15-5-10-19(29(27,28)23-2)12-20(15)24-21(26)17-4-3-11-25(14-17)13-16-6-8-18(22)9-7-16/h5-10,12,17,23H,3-4,11,13-14H2,1-2H3,(H,24,26)/t17-/m1/s1. The summed E-state index contributed by atoms with van der Waals surface area (Å²) in [5, 5.41) is 3.64. The van der Waals surface area contributed by atoms with Crippen LogP contribution in [0, 0.1) is 12.8 Å². The van der Waals surface area contributed by atoms with Gasteiger partial charge in [-0.2, -0.15) is 0 Å². The van der Waals surface area contributed by atoms with Gasteiger partial charge < -0.3 is 5.32 Å². The van der Waals surface area contributed by atoms with Crippen molar-refractivity contribution in [2.45, 2.75) is 31.2 Å². The van der Waals surface area contributed by atoms with Crippen LogP contribution in [-0.2, 0) is 21.4 Å². The van der Waals surface area contributed by atoms with Crippen LogP contribution in [0.3, 0.4) is 0 Å². The molecule has 0 unspecified atom stereocenters. The largest absolute Gasteiger partial charge is 0.326 e. The summed E-state index contributed by atoms with van der Waals surface area (Å²) in [6.07, 6.45) is 1.76. The minimum Gasteiger partial charge on any atom is -0.326 e. The average molecular weight is 436 g/mol. The lowest BCUT2D eigenvalue weighted by molar-refractivity contribution is -0.121. The molecule has 1 aliphatic rings. The number of carbonyl (C=O) groups is 1. The third-order valence-electron chi connectivity index (χ3n) is 5.24. The first-order chi connectivity index (χ1) is 13.8. The van der Waals surface area contributed by atoms with Crippen LogP contribution in [0.25, 0.3) is 0 Å². The number of anilines is 1. The van der Waals surface area contributed by atoms with Gasteiger partial charge in [-0.25, -0.2) is 13.1 Å². The van der Waals surface area contributed by atoms with Crippen molar-refractivity contribution in [2.75, 3.05) is 25.5 Å². The second kappa shape index (κ2) is 9.26. The van der Waals surface area contributed by atoms with Crippen LogP contribution >= 0.6 is 11.6 Å². The predicted molar refractivity (Wildman–Crippen MR) is 116 cm³/mol. The third kappa shape index (κ3) is 5.57. The summed E-state index contributed by atoms with van der Waals surface area (Å²) in [6, 6.07) is 12.5. The molecule has 1 amide bonds. The van der Waals surface area contributed by atoms with Crippen molar-refractivity contribution in [2.24, 2.45) is 5.92 Å². The molecule has 2 aromatic rings. The Hall–Kier alpha value is -1.93. The lowest BCUT2D eigenvalue weighted by atomic mass is 9.96. The van der Waals surface area contributed by atoms with E-state index in [1.165, 1.54) is 19.2 Å². The van der Waals surface area contributed by atoms with Crippen molar-refractivity contribution in [3.05, 3.63) is 58.6 Å². The quantitative estimate of drug-likeness (QED) is 0.728. The maximum absolute atomic E-state index is 12.9. The SMILES string of the molecule is CNS(=O)(=O)c1ccc(C)c(NC(=O)[C@@H]2CCCN(Cc3ccc(Cl)cc3)C2)c1. The van der Waals surface area contributed by atoms with E-state index in [0.29, 0.717) is 17.3 Å². The Labute approximate surface area is 177 Å². The van der Waals surface area contributed by atoms with Crippen molar-refractivity contribution in [1.82, 2.24) is 9.62 Å². The zero-order valence-corrected chi connectivity index (χ0v) is 18.2. The van der Waals surface area contributed by atoms with Gasteiger partial charge >= 0.3 is 0 Å². The summed E-state index contributed by atoms with van der Waals surface area (Å²) in [4.78, 5) is 15.3. The van der Waals surface area contributed by atoms with Crippen LogP contribution < -0.4 is 10.0 Å². The summed E-state index contributed by atoms with van der Waals surface area (Å²) >= 11 is 5.95. The van der Waals surface area contributed by atoms with E-state index in [1.807, 2.05) is 31.2 Å². The molecular weight excluding hydrogens is 410 g/mol. The number of piperidine rings is 1. The van der Waals surface area contributed by atoms with Gasteiger partial charge in [-0.3, -0.25) is 9.69 Å². The van der Waals surface area contributed by atoms with Crippen LogP contribution in [0.2, 0.25) is 5.02 Å². The molecule has 0 aromatic heterocycles. The fourth-order valence-electron chi connectivity index (χ4n) is 3.52. The average Bonchev–Trinajstić information content (AvgIpc) is 2.71. The predicted octanol–water partition coefficient (Wildman–Crippen LogP) is 3.41. The topological polar surface area (TPSA) is 78.5 Å². The number of likely N-dealkylation sites (tertiary alicyclic amines) is 1. The zero-order valence-electron chi connectivity index (χ0n) is 16.6. The zero-order chi connectivity index (χ0) is 21.0.